The number of rotatable bonds is 6. The lowest BCUT2D eigenvalue weighted by Gasteiger charge is -2.28. The number of phenolic OH excluding ortho intramolecular Hbond substituents is 1. The van der Waals surface area contributed by atoms with Crippen LogP contribution < -0.4 is 11.1 Å². The lowest BCUT2D eigenvalue weighted by molar-refractivity contribution is -0.141. The molecule has 1 aromatic carbocycles. The number of amides is 3. The second-order valence-corrected chi connectivity index (χ2v) is 7.50. The van der Waals surface area contributed by atoms with Crippen LogP contribution in [0.3, 0.4) is 0 Å². The van der Waals surface area contributed by atoms with Crippen molar-refractivity contribution in [2.75, 3.05) is 6.54 Å². The molecule has 0 aromatic heterocycles. The number of carbonyl (C=O) groups excluding carboxylic acids is 4. The predicted octanol–water partition coefficient (Wildman–Crippen LogP) is 0.265. The van der Waals surface area contributed by atoms with E-state index >= 15 is 0 Å². The third-order valence-electron chi connectivity index (χ3n) is 5.47. The van der Waals surface area contributed by atoms with Crippen molar-refractivity contribution in [3.63, 3.8) is 0 Å². The zero-order chi connectivity index (χ0) is 20.3. The Hall–Kier alpha value is -2.90. The van der Waals surface area contributed by atoms with Gasteiger partial charge in [-0.05, 0) is 37.0 Å². The maximum absolute atomic E-state index is 13.1. The van der Waals surface area contributed by atoms with Gasteiger partial charge in [0, 0.05) is 31.7 Å². The Balaban J connectivity index is 1.77. The third kappa shape index (κ3) is 4.49. The summed E-state index contributed by atoms with van der Waals surface area (Å²) < 4.78 is 0. The highest BCUT2D eigenvalue weighted by atomic mass is 16.3. The Morgan fingerprint density at radius 1 is 1.21 bits per heavy atom. The van der Waals surface area contributed by atoms with E-state index < -0.39 is 23.9 Å². The number of ketones is 1. The number of nitrogens with one attached hydrogen (secondary N) is 1. The van der Waals surface area contributed by atoms with Crippen molar-refractivity contribution in [2.24, 2.45) is 11.7 Å². The first-order valence-electron chi connectivity index (χ1n) is 9.55. The summed E-state index contributed by atoms with van der Waals surface area (Å²) in [6.07, 6.45) is 2.46. The molecule has 1 unspecified atom stereocenters. The van der Waals surface area contributed by atoms with Crippen LogP contribution in [0.1, 0.15) is 37.7 Å². The smallest absolute Gasteiger partial charge is 0.246 e. The molecule has 2 fully saturated rings. The SMILES string of the molecule is NC(=O)[C@@H]1CCCN1C(=O)[C@H](Cc1ccc(O)cc1)NC(=O)C1CCC(=O)C1. The topological polar surface area (TPSA) is 130 Å². The molecule has 3 atom stereocenters. The van der Waals surface area contributed by atoms with E-state index in [1.54, 1.807) is 12.1 Å². The number of nitrogens with two attached hydrogens (primary N) is 1. The van der Waals surface area contributed by atoms with Crippen molar-refractivity contribution < 1.29 is 24.3 Å². The van der Waals surface area contributed by atoms with Gasteiger partial charge in [0.25, 0.3) is 0 Å². The fraction of sp³-hybridized carbons (Fsp3) is 0.500. The Morgan fingerprint density at radius 3 is 2.54 bits per heavy atom. The Labute approximate surface area is 163 Å². The minimum Gasteiger partial charge on any atom is -0.508 e. The van der Waals surface area contributed by atoms with E-state index in [2.05, 4.69) is 5.32 Å². The fourth-order valence-electron chi connectivity index (χ4n) is 3.92. The highest BCUT2D eigenvalue weighted by Gasteiger charge is 2.38. The number of nitrogens with zero attached hydrogens (tertiary/aromatic N) is 1. The Morgan fingerprint density at radius 2 is 1.93 bits per heavy atom. The predicted molar refractivity (Wildman–Crippen MR) is 100 cm³/mol. The van der Waals surface area contributed by atoms with Gasteiger partial charge in [-0.25, -0.2) is 0 Å². The molecule has 1 heterocycles. The molecule has 28 heavy (non-hydrogen) atoms. The van der Waals surface area contributed by atoms with Crippen LogP contribution >= 0.6 is 0 Å². The lowest BCUT2D eigenvalue weighted by Crippen LogP contribution is -2.54. The molecular weight excluding hydrogens is 362 g/mol. The molecule has 1 aliphatic carbocycles. The van der Waals surface area contributed by atoms with E-state index in [1.165, 1.54) is 17.0 Å². The van der Waals surface area contributed by atoms with Crippen molar-refractivity contribution in [2.45, 2.75) is 50.6 Å². The molecule has 0 radical (unpaired) electrons. The average Bonchev–Trinajstić information content (AvgIpc) is 3.31. The number of benzene rings is 1. The van der Waals surface area contributed by atoms with Crippen LogP contribution in [0.5, 0.6) is 5.75 Å². The second-order valence-electron chi connectivity index (χ2n) is 7.50. The van der Waals surface area contributed by atoms with E-state index in [9.17, 15) is 24.3 Å². The highest BCUT2D eigenvalue weighted by molar-refractivity contribution is 5.94. The molecule has 4 N–H and O–H groups in total. The van der Waals surface area contributed by atoms with Crippen LogP contribution in [0, 0.1) is 5.92 Å². The van der Waals surface area contributed by atoms with Crippen LogP contribution in [0.2, 0.25) is 0 Å². The van der Waals surface area contributed by atoms with E-state index in [-0.39, 0.29) is 36.2 Å². The first kappa shape index (κ1) is 19.9. The number of primary amides is 1. The van der Waals surface area contributed by atoms with Gasteiger partial charge >= 0.3 is 0 Å². The molecule has 2 aliphatic rings. The summed E-state index contributed by atoms with van der Waals surface area (Å²) in [5.41, 5.74) is 6.18. The monoisotopic (exact) mass is 387 g/mol. The van der Waals surface area contributed by atoms with E-state index in [0.29, 0.717) is 32.2 Å². The highest BCUT2D eigenvalue weighted by Crippen LogP contribution is 2.23. The zero-order valence-electron chi connectivity index (χ0n) is 15.6. The third-order valence-corrected chi connectivity index (χ3v) is 5.47. The zero-order valence-corrected chi connectivity index (χ0v) is 15.6. The van der Waals surface area contributed by atoms with Crippen LogP contribution in [0.25, 0.3) is 0 Å². The standard InChI is InChI=1S/C20H25N3O5/c21-18(26)17-2-1-9-23(17)20(28)16(10-12-3-6-14(24)7-4-12)22-19(27)13-5-8-15(25)11-13/h3-4,6-7,13,16-17,24H,1-2,5,8-11H2,(H2,21,26)(H,22,27)/t13?,16-,17-/m0/s1. The summed E-state index contributed by atoms with van der Waals surface area (Å²) in [4.78, 5) is 50.4. The molecule has 1 saturated carbocycles. The number of hydrogen-bond acceptors (Lipinski definition) is 5. The van der Waals surface area contributed by atoms with Crippen molar-refractivity contribution >= 4 is 23.5 Å². The Bertz CT molecular complexity index is 777. The van der Waals surface area contributed by atoms with Gasteiger partial charge in [-0.2, -0.15) is 0 Å². The first-order valence-corrected chi connectivity index (χ1v) is 9.55. The van der Waals surface area contributed by atoms with Crippen LogP contribution in [-0.4, -0.2) is 52.1 Å². The van der Waals surface area contributed by atoms with Crippen molar-refractivity contribution in [1.82, 2.24) is 10.2 Å². The van der Waals surface area contributed by atoms with Gasteiger partial charge < -0.3 is 21.1 Å². The van der Waals surface area contributed by atoms with Gasteiger partial charge in [0.1, 0.15) is 23.6 Å². The molecule has 0 bridgehead atoms. The molecule has 0 spiro atoms. The summed E-state index contributed by atoms with van der Waals surface area (Å²) in [6.45, 7) is 0.413. The van der Waals surface area contributed by atoms with Gasteiger partial charge in [0.05, 0.1) is 0 Å². The number of likely N-dealkylation sites (tertiary alicyclic amines) is 1. The molecular formula is C20H25N3O5. The first-order chi connectivity index (χ1) is 13.3. The van der Waals surface area contributed by atoms with Gasteiger partial charge in [0.15, 0.2) is 0 Å². The fourth-order valence-corrected chi connectivity index (χ4v) is 3.92. The summed E-state index contributed by atoms with van der Waals surface area (Å²) in [5.74, 6) is -1.50. The number of Topliss-reactive ketones (excluding diaryl/α,β-unsaturated/α-hetero) is 1. The average molecular weight is 387 g/mol. The summed E-state index contributed by atoms with van der Waals surface area (Å²) >= 11 is 0. The molecule has 1 aromatic rings. The maximum Gasteiger partial charge on any atom is 0.246 e. The van der Waals surface area contributed by atoms with Crippen LogP contribution in [0.15, 0.2) is 24.3 Å². The van der Waals surface area contributed by atoms with E-state index in [0.717, 1.165) is 5.56 Å². The summed E-state index contributed by atoms with van der Waals surface area (Å²) in [5, 5.41) is 12.2. The summed E-state index contributed by atoms with van der Waals surface area (Å²) in [6, 6.07) is 4.84. The number of aromatic hydroxyl groups is 1. The van der Waals surface area contributed by atoms with Crippen molar-refractivity contribution in [1.29, 1.82) is 0 Å². The molecule has 8 heteroatoms. The van der Waals surface area contributed by atoms with Crippen molar-refractivity contribution in [3.8, 4) is 5.75 Å². The normalized spacial score (nSPS) is 22.9. The molecule has 1 saturated heterocycles. The quantitative estimate of drug-likeness (QED) is 0.645. The number of hydrogen-bond donors (Lipinski definition) is 3. The van der Waals surface area contributed by atoms with Gasteiger partial charge in [-0.15, -0.1) is 0 Å². The van der Waals surface area contributed by atoms with Gasteiger partial charge in [-0.3, -0.25) is 19.2 Å². The minimum atomic E-state index is -0.868. The molecule has 3 rings (SSSR count). The van der Waals surface area contributed by atoms with E-state index in [1.807, 2.05) is 0 Å². The number of phenols is 1. The van der Waals surface area contributed by atoms with Crippen LogP contribution in [0.4, 0.5) is 0 Å². The minimum absolute atomic E-state index is 0.0508. The second kappa shape index (κ2) is 8.41. The largest absolute Gasteiger partial charge is 0.508 e. The molecule has 8 nitrogen and oxygen atoms in total. The molecule has 1 aliphatic heterocycles. The summed E-state index contributed by atoms with van der Waals surface area (Å²) in [7, 11) is 0. The van der Waals surface area contributed by atoms with Gasteiger partial charge in [0.2, 0.25) is 17.7 Å². The number of carbonyl (C=O) groups is 4. The van der Waals surface area contributed by atoms with Gasteiger partial charge in [-0.1, -0.05) is 12.1 Å². The van der Waals surface area contributed by atoms with Crippen molar-refractivity contribution in [3.05, 3.63) is 29.8 Å². The molecule has 3 amide bonds. The van der Waals surface area contributed by atoms with E-state index in [4.69, 9.17) is 5.73 Å². The lowest BCUT2D eigenvalue weighted by atomic mass is 10.0. The molecule has 150 valence electrons. The Kier molecular flexibility index (Phi) is 5.96. The maximum atomic E-state index is 13.1. The van der Waals surface area contributed by atoms with Crippen LogP contribution in [-0.2, 0) is 25.6 Å².